The molecule has 0 bridgehead atoms. The van der Waals surface area contributed by atoms with Crippen molar-refractivity contribution in [2.75, 3.05) is 5.73 Å². The van der Waals surface area contributed by atoms with E-state index in [2.05, 4.69) is 4.98 Å². The number of rotatable bonds is 1. The molecule has 0 saturated heterocycles. The number of aryl methyl sites for hydroxylation is 1. The second-order valence-corrected chi connectivity index (χ2v) is 3.34. The summed E-state index contributed by atoms with van der Waals surface area (Å²) in [5, 5.41) is 7.72. The minimum absolute atomic E-state index is 0.222. The number of benzene rings is 1. The van der Waals surface area contributed by atoms with E-state index in [1.54, 1.807) is 10.8 Å². The van der Waals surface area contributed by atoms with E-state index in [1.165, 1.54) is 0 Å². The van der Waals surface area contributed by atoms with E-state index >= 15 is 0 Å². The van der Waals surface area contributed by atoms with E-state index in [9.17, 15) is 0 Å². The number of nitrogen functional groups attached to an aromatic ring is 1. The first-order valence-corrected chi connectivity index (χ1v) is 4.63. The van der Waals surface area contributed by atoms with Gasteiger partial charge in [0.1, 0.15) is 0 Å². The molecule has 0 amide bonds. The molecule has 0 aliphatic heterocycles. The van der Waals surface area contributed by atoms with E-state index in [-0.39, 0.29) is 5.62 Å². The number of nitrogens with two attached hydrogens (primary N) is 1. The van der Waals surface area contributed by atoms with Crippen molar-refractivity contribution >= 4 is 5.69 Å². The van der Waals surface area contributed by atoms with Crippen molar-refractivity contribution in [1.29, 1.82) is 5.41 Å². The Labute approximate surface area is 87.5 Å². The van der Waals surface area contributed by atoms with Crippen LogP contribution in [0.2, 0.25) is 0 Å². The van der Waals surface area contributed by atoms with Crippen LogP contribution in [-0.4, -0.2) is 9.55 Å². The molecule has 3 N–H and O–H groups in total. The third-order valence-electron chi connectivity index (χ3n) is 2.23. The smallest absolute Gasteiger partial charge is 0.226 e. The number of hydrogen-bond donors (Lipinski definition) is 2. The molecule has 4 heteroatoms. The summed E-state index contributed by atoms with van der Waals surface area (Å²) in [5.41, 5.74) is 8.42. The molecule has 0 aliphatic carbocycles. The zero-order valence-corrected chi connectivity index (χ0v) is 8.44. The Balaban J connectivity index is 2.64. The van der Waals surface area contributed by atoms with Crippen LogP contribution in [0, 0.1) is 12.3 Å². The summed E-state index contributed by atoms with van der Waals surface area (Å²) in [6.45, 7) is 1.94. The summed E-state index contributed by atoms with van der Waals surface area (Å²) in [7, 11) is 0. The van der Waals surface area contributed by atoms with Crippen molar-refractivity contribution in [2.24, 2.45) is 0 Å². The lowest BCUT2D eigenvalue weighted by molar-refractivity contribution is 0.816. The first-order chi connectivity index (χ1) is 7.18. The van der Waals surface area contributed by atoms with Crippen LogP contribution in [0.4, 0.5) is 5.69 Å². The molecule has 0 spiro atoms. The predicted octanol–water partition coefficient (Wildman–Crippen LogP) is 1.24. The van der Waals surface area contributed by atoms with Crippen LogP contribution in [0.3, 0.4) is 0 Å². The van der Waals surface area contributed by atoms with Crippen molar-refractivity contribution in [3.8, 4) is 5.69 Å². The van der Waals surface area contributed by atoms with Gasteiger partial charge in [-0.1, -0.05) is 0 Å². The fraction of sp³-hybridized carbons (Fsp3) is 0.0909. The molecule has 76 valence electrons. The number of nitrogens with one attached hydrogen (secondary N) is 1. The molecule has 1 aromatic heterocycles. The van der Waals surface area contributed by atoms with Crippen LogP contribution in [0.15, 0.2) is 36.5 Å². The lowest BCUT2D eigenvalue weighted by Gasteiger charge is -2.09. The monoisotopic (exact) mass is 200 g/mol. The van der Waals surface area contributed by atoms with Crippen molar-refractivity contribution in [3.63, 3.8) is 0 Å². The molecule has 0 atom stereocenters. The van der Waals surface area contributed by atoms with Crippen LogP contribution in [-0.2, 0) is 0 Å². The summed E-state index contributed by atoms with van der Waals surface area (Å²) in [6.07, 6.45) is 1.63. The van der Waals surface area contributed by atoms with Crippen molar-refractivity contribution in [2.45, 2.75) is 6.92 Å². The van der Waals surface area contributed by atoms with E-state index in [4.69, 9.17) is 11.1 Å². The Morgan fingerprint density at radius 2 is 1.87 bits per heavy atom. The quantitative estimate of drug-likeness (QED) is 0.680. The summed E-state index contributed by atoms with van der Waals surface area (Å²) in [5.74, 6) is 0. The molecule has 0 unspecified atom stereocenters. The largest absolute Gasteiger partial charge is 0.399 e. The van der Waals surface area contributed by atoms with Gasteiger partial charge in [0.05, 0.1) is 0 Å². The van der Waals surface area contributed by atoms with Crippen LogP contribution in [0.1, 0.15) is 5.69 Å². The predicted molar refractivity (Wildman–Crippen MR) is 58.6 cm³/mol. The van der Waals surface area contributed by atoms with E-state index in [0.29, 0.717) is 5.69 Å². The molecule has 2 rings (SSSR count). The Morgan fingerprint density at radius 3 is 2.47 bits per heavy atom. The standard InChI is InChI=1S/C11H12N4/c1-8-6-7-14-11(13)15(8)10-4-2-9(12)3-5-10/h2-7,13H,12H2,1H3. The van der Waals surface area contributed by atoms with E-state index in [1.807, 2.05) is 37.3 Å². The van der Waals surface area contributed by atoms with Crippen LogP contribution < -0.4 is 11.4 Å². The van der Waals surface area contributed by atoms with Gasteiger partial charge >= 0.3 is 0 Å². The third kappa shape index (κ3) is 1.74. The molecule has 1 heterocycles. The van der Waals surface area contributed by atoms with Gasteiger partial charge in [0.2, 0.25) is 5.62 Å². The fourth-order valence-corrected chi connectivity index (χ4v) is 1.46. The fourth-order valence-electron chi connectivity index (χ4n) is 1.46. The molecular formula is C11H12N4. The summed E-state index contributed by atoms with van der Waals surface area (Å²) in [6, 6.07) is 9.25. The minimum atomic E-state index is 0.222. The van der Waals surface area contributed by atoms with Gasteiger partial charge in [-0.05, 0) is 37.3 Å². The second kappa shape index (κ2) is 3.57. The normalized spacial score (nSPS) is 10.2. The molecule has 0 fully saturated rings. The van der Waals surface area contributed by atoms with Gasteiger partial charge < -0.3 is 5.73 Å². The Kier molecular flexibility index (Phi) is 2.25. The highest BCUT2D eigenvalue weighted by Crippen LogP contribution is 2.10. The molecule has 1 aromatic carbocycles. The molecule has 0 radical (unpaired) electrons. The van der Waals surface area contributed by atoms with E-state index in [0.717, 1.165) is 11.4 Å². The molecule has 0 saturated carbocycles. The first-order valence-electron chi connectivity index (χ1n) is 4.63. The van der Waals surface area contributed by atoms with Gasteiger partial charge in [-0.2, -0.15) is 0 Å². The highest BCUT2D eigenvalue weighted by molar-refractivity contribution is 5.45. The van der Waals surface area contributed by atoms with Crippen molar-refractivity contribution < 1.29 is 0 Å². The lowest BCUT2D eigenvalue weighted by atomic mass is 10.2. The molecule has 0 aliphatic rings. The topological polar surface area (TPSA) is 67.7 Å². The summed E-state index contributed by atoms with van der Waals surface area (Å²) in [4.78, 5) is 3.94. The third-order valence-corrected chi connectivity index (χ3v) is 2.23. The summed E-state index contributed by atoms with van der Waals surface area (Å²) < 4.78 is 1.76. The molecular weight excluding hydrogens is 188 g/mol. The maximum atomic E-state index is 7.72. The van der Waals surface area contributed by atoms with E-state index < -0.39 is 0 Å². The van der Waals surface area contributed by atoms with Gasteiger partial charge in [-0.3, -0.25) is 9.98 Å². The van der Waals surface area contributed by atoms with Crippen LogP contribution in [0.25, 0.3) is 5.69 Å². The van der Waals surface area contributed by atoms with Crippen LogP contribution >= 0.6 is 0 Å². The molecule has 15 heavy (non-hydrogen) atoms. The Morgan fingerprint density at radius 1 is 1.20 bits per heavy atom. The number of hydrogen-bond acceptors (Lipinski definition) is 3. The highest BCUT2D eigenvalue weighted by atomic mass is 15.1. The number of anilines is 1. The Hall–Kier alpha value is -2.10. The zero-order valence-electron chi connectivity index (χ0n) is 8.44. The first kappa shape index (κ1) is 9.45. The number of nitrogens with zero attached hydrogens (tertiary/aromatic N) is 2. The van der Waals surface area contributed by atoms with Gasteiger partial charge in [0, 0.05) is 23.3 Å². The zero-order chi connectivity index (χ0) is 10.8. The van der Waals surface area contributed by atoms with Gasteiger partial charge in [-0.15, -0.1) is 0 Å². The molecule has 2 aromatic rings. The second-order valence-electron chi connectivity index (χ2n) is 3.34. The number of aromatic nitrogens is 2. The van der Waals surface area contributed by atoms with Gasteiger partial charge in [0.25, 0.3) is 0 Å². The Bertz CT molecular complexity index is 525. The van der Waals surface area contributed by atoms with Crippen molar-refractivity contribution in [1.82, 2.24) is 9.55 Å². The SMILES string of the molecule is Cc1ccnc(=N)n1-c1ccc(N)cc1. The summed E-state index contributed by atoms with van der Waals surface area (Å²) >= 11 is 0. The average molecular weight is 200 g/mol. The minimum Gasteiger partial charge on any atom is -0.399 e. The van der Waals surface area contributed by atoms with Gasteiger partial charge in [0.15, 0.2) is 0 Å². The maximum absolute atomic E-state index is 7.72. The highest BCUT2D eigenvalue weighted by Gasteiger charge is 2.00. The molecule has 4 nitrogen and oxygen atoms in total. The maximum Gasteiger partial charge on any atom is 0.226 e. The van der Waals surface area contributed by atoms with Crippen LogP contribution in [0.5, 0.6) is 0 Å². The van der Waals surface area contributed by atoms with Crippen molar-refractivity contribution in [3.05, 3.63) is 47.8 Å². The van der Waals surface area contributed by atoms with Gasteiger partial charge in [-0.25, -0.2) is 4.98 Å². The lowest BCUT2D eigenvalue weighted by Crippen LogP contribution is -2.22. The average Bonchev–Trinajstić information content (AvgIpc) is 2.20.